The average molecular weight is 720 g/mol. The van der Waals surface area contributed by atoms with Gasteiger partial charge < -0.3 is 38.2 Å². The summed E-state index contributed by atoms with van der Waals surface area (Å²) < 4.78 is 35.8. The van der Waals surface area contributed by atoms with E-state index in [0.717, 1.165) is 11.1 Å². The summed E-state index contributed by atoms with van der Waals surface area (Å²) in [7, 11) is 6.13. The summed E-state index contributed by atoms with van der Waals surface area (Å²) in [4.78, 5) is 55.3. The van der Waals surface area contributed by atoms with Crippen LogP contribution in [0.15, 0.2) is 35.9 Å². The minimum absolute atomic E-state index is 0.214. The van der Waals surface area contributed by atoms with Gasteiger partial charge in [-0.3, -0.25) is 14.9 Å². The molecule has 3 amide bonds. The number of rotatable bonds is 7. The van der Waals surface area contributed by atoms with Crippen LogP contribution in [0.25, 0.3) is 0 Å². The Hall–Kier alpha value is -3.65. The Morgan fingerprint density at radius 1 is 1.24 bits per heavy atom. The fourth-order valence-corrected chi connectivity index (χ4v) is 7.00. The lowest BCUT2D eigenvalue weighted by Gasteiger charge is -2.45. The van der Waals surface area contributed by atoms with Crippen molar-refractivity contribution in [2.75, 3.05) is 39.8 Å². The van der Waals surface area contributed by atoms with Crippen molar-refractivity contribution in [2.45, 2.75) is 103 Å². The van der Waals surface area contributed by atoms with Crippen LogP contribution < -0.4 is 15.0 Å². The van der Waals surface area contributed by atoms with E-state index in [9.17, 15) is 19.2 Å². The lowest BCUT2D eigenvalue weighted by atomic mass is 9.83. The van der Waals surface area contributed by atoms with Gasteiger partial charge in [0.15, 0.2) is 5.72 Å². The standard InChI is InChI=1S/C36H50ClN3O10/c1-11-47-36-19-27(48-34(44)38-36)21(3)32-35(6,50-32)29(49-33(43)22(4)39(7)23(5)41)18-30(42)40(8)25-16-24(17-26(45-9)31(25)37)15-20(2)13-12-14-28(36)46-10/h12-14,16-17,21-22,27-29,32H,11,15,18-19H2,1-10H3,(H,38,44)/b14-12+,20-13+/t21-,22+,27+,28-,29+,32+,35+,36+/m1/s1. The van der Waals surface area contributed by atoms with Gasteiger partial charge in [-0.1, -0.05) is 42.3 Å². The SMILES string of the molecule is CCO[C@]12C[C@H](OC(=O)N1)[C@@H](C)[C@@H]1O[C@@]1(C)[C@@H](OC(=O)[C@H](C)N(C)C(C)=O)CC(=O)N(C)c1cc(cc(OC)c1Cl)C/C(C)=C/C=C/[C@H]2OC. The summed E-state index contributed by atoms with van der Waals surface area (Å²) in [6, 6.07) is 2.70. The molecule has 3 aliphatic heterocycles. The number of hydrogen-bond donors (Lipinski definition) is 1. The third kappa shape index (κ3) is 8.11. The quantitative estimate of drug-likeness (QED) is 0.314. The van der Waals surface area contributed by atoms with E-state index in [1.807, 2.05) is 51.1 Å². The smallest absolute Gasteiger partial charge is 0.409 e. The second-order valence-electron chi connectivity index (χ2n) is 13.4. The van der Waals surface area contributed by atoms with Gasteiger partial charge in [0.2, 0.25) is 11.8 Å². The van der Waals surface area contributed by atoms with Crippen molar-refractivity contribution in [2.24, 2.45) is 5.92 Å². The Morgan fingerprint density at radius 2 is 1.94 bits per heavy atom. The van der Waals surface area contributed by atoms with Gasteiger partial charge in [0.05, 0.1) is 25.3 Å². The van der Waals surface area contributed by atoms with Crippen molar-refractivity contribution in [1.29, 1.82) is 0 Å². The number of amides is 3. The number of allylic oxidation sites excluding steroid dienone is 3. The molecule has 0 aliphatic carbocycles. The second-order valence-corrected chi connectivity index (χ2v) is 13.8. The molecule has 13 nitrogen and oxygen atoms in total. The molecule has 4 bridgehead atoms. The van der Waals surface area contributed by atoms with Gasteiger partial charge in [-0.15, -0.1) is 0 Å². The topological polar surface area (TPSA) is 145 Å². The highest BCUT2D eigenvalue weighted by molar-refractivity contribution is 6.35. The number of alkyl carbamates (subject to hydrolysis) is 1. The van der Waals surface area contributed by atoms with Crippen LogP contribution >= 0.6 is 11.6 Å². The maximum Gasteiger partial charge on any atom is 0.409 e. The van der Waals surface area contributed by atoms with Crippen molar-refractivity contribution >= 4 is 41.2 Å². The number of carbonyl (C=O) groups is 4. The molecule has 4 rings (SSSR count). The summed E-state index contributed by atoms with van der Waals surface area (Å²) in [5, 5.41) is 3.11. The van der Waals surface area contributed by atoms with Crippen molar-refractivity contribution in [3.05, 3.63) is 46.5 Å². The molecule has 14 heteroatoms. The normalized spacial score (nSPS) is 32.3. The molecule has 8 atom stereocenters. The Labute approximate surface area is 299 Å². The van der Waals surface area contributed by atoms with Crippen LogP contribution in [0.1, 0.15) is 59.9 Å². The van der Waals surface area contributed by atoms with E-state index in [2.05, 4.69) is 5.32 Å². The maximum absolute atomic E-state index is 14.1. The predicted octanol–water partition coefficient (Wildman–Crippen LogP) is 4.58. The van der Waals surface area contributed by atoms with Crippen molar-refractivity contribution in [3.63, 3.8) is 0 Å². The number of ether oxygens (including phenoxy) is 6. The van der Waals surface area contributed by atoms with Crippen LogP contribution in [-0.4, -0.2) is 105 Å². The number of esters is 1. The fourth-order valence-electron chi connectivity index (χ4n) is 6.69. The number of hydrogen-bond acceptors (Lipinski definition) is 10. The van der Waals surface area contributed by atoms with E-state index in [-0.39, 0.29) is 30.4 Å². The third-order valence-electron chi connectivity index (χ3n) is 10.0. The molecule has 2 saturated heterocycles. The minimum atomic E-state index is -1.26. The number of halogens is 1. The van der Waals surface area contributed by atoms with E-state index < -0.39 is 65.7 Å². The number of methoxy groups -OCH3 is 2. The number of carbonyl (C=O) groups excluding carboxylic acids is 4. The zero-order valence-corrected chi connectivity index (χ0v) is 31.3. The Bertz CT molecular complexity index is 1530. The van der Waals surface area contributed by atoms with Crippen LogP contribution in [0.4, 0.5) is 10.5 Å². The number of fused-ring (bicyclic) bond motifs is 5. The number of nitrogens with zero attached hydrogens (tertiary/aromatic N) is 2. The first-order chi connectivity index (χ1) is 23.5. The summed E-state index contributed by atoms with van der Waals surface area (Å²) in [6.07, 6.45) is 2.32. The number of likely N-dealkylation sites (N-methyl/N-ethyl adjacent to an activating group) is 1. The molecule has 3 heterocycles. The zero-order chi connectivity index (χ0) is 37.1. The van der Waals surface area contributed by atoms with E-state index in [1.165, 1.54) is 30.9 Å². The van der Waals surface area contributed by atoms with Gasteiger partial charge in [-0.05, 0) is 51.8 Å². The first-order valence-electron chi connectivity index (χ1n) is 16.8. The van der Waals surface area contributed by atoms with Gasteiger partial charge in [0.1, 0.15) is 40.7 Å². The largest absolute Gasteiger partial charge is 0.495 e. The van der Waals surface area contributed by atoms with E-state index in [0.29, 0.717) is 17.9 Å². The van der Waals surface area contributed by atoms with Crippen LogP contribution in [0.3, 0.4) is 0 Å². The minimum Gasteiger partial charge on any atom is -0.495 e. The molecule has 0 saturated carbocycles. The zero-order valence-electron chi connectivity index (χ0n) is 30.5. The number of benzene rings is 1. The van der Waals surface area contributed by atoms with Crippen LogP contribution in [0.5, 0.6) is 5.75 Å². The van der Waals surface area contributed by atoms with Crippen LogP contribution in [0, 0.1) is 5.92 Å². The highest BCUT2D eigenvalue weighted by Gasteiger charge is 2.64. The van der Waals surface area contributed by atoms with Crippen molar-refractivity contribution in [1.82, 2.24) is 10.2 Å². The van der Waals surface area contributed by atoms with Gasteiger partial charge in [0.25, 0.3) is 0 Å². The lowest BCUT2D eigenvalue weighted by Crippen LogP contribution is -2.65. The highest BCUT2D eigenvalue weighted by atomic mass is 35.5. The van der Waals surface area contributed by atoms with Crippen molar-refractivity contribution in [3.8, 4) is 5.75 Å². The summed E-state index contributed by atoms with van der Waals surface area (Å²) >= 11 is 6.75. The first kappa shape index (κ1) is 39.1. The maximum atomic E-state index is 14.1. The molecule has 1 aromatic carbocycles. The molecular weight excluding hydrogens is 670 g/mol. The molecule has 0 aromatic heterocycles. The summed E-state index contributed by atoms with van der Waals surface area (Å²) in [5.41, 5.74) is -0.184. The first-order valence-corrected chi connectivity index (χ1v) is 17.1. The Kier molecular flexibility index (Phi) is 12.3. The van der Waals surface area contributed by atoms with E-state index in [1.54, 1.807) is 28.0 Å². The van der Waals surface area contributed by atoms with E-state index in [4.69, 9.17) is 40.0 Å². The molecular formula is C36H50ClN3O10. The monoisotopic (exact) mass is 719 g/mol. The fraction of sp³-hybridized carbons (Fsp3) is 0.611. The average Bonchev–Trinajstić information content (AvgIpc) is 3.76. The highest BCUT2D eigenvalue weighted by Crippen LogP contribution is 2.49. The summed E-state index contributed by atoms with van der Waals surface area (Å²) in [5.74, 6) is -1.47. The predicted molar refractivity (Wildman–Crippen MR) is 186 cm³/mol. The van der Waals surface area contributed by atoms with Crippen molar-refractivity contribution < 1.29 is 47.6 Å². The molecule has 2 fully saturated rings. The molecule has 1 N–H and O–H groups in total. The van der Waals surface area contributed by atoms with Gasteiger partial charge >= 0.3 is 12.1 Å². The van der Waals surface area contributed by atoms with Gasteiger partial charge in [-0.2, -0.15) is 0 Å². The molecule has 276 valence electrons. The number of epoxide rings is 1. The Morgan fingerprint density at radius 3 is 2.56 bits per heavy atom. The van der Waals surface area contributed by atoms with Crippen LogP contribution in [0.2, 0.25) is 5.02 Å². The Balaban J connectivity index is 1.83. The van der Waals surface area contributed by atoms with Crippen LogP contribution in [-0.2, 0) is 44.5 Å². The second kappa shape index (κ2) is 15.7. The number of nitrogens with one attached hydrogen (secondary N) is 1. The van der Waals surface area contributed by atoms with Gasteiger partial charge in [0, 0.05) is 47.1 Å². The molecule has 1 aromatic rings. The van der Waals surface area contributed by atoms with Gasteiger partial charge in [-0.25, -0.2) is 9.59 Å². The molecule has 3 aliphatic rings. The molecule has 0 unspecified atom stereocenters. The van der Waals surface area contributed by atoms with E-state index >= 15 is 0 Å². The molecule has 50 heavy (non-hydrogen) atoms. The lowest BCUT2D eigenvalue weighted by molar-refractivity contribution is -0.173. The molecule has 0 spiro atoms. The number of anilines is 1. The molecule has 0 radical (unpaired) electrons. The summed E-state index contributed by atoms with van der Waals surface area (Å²) in [6.45, 7) is 10.6. The third-order valence-corrected chi connectivity index (χ3v) is 10.4.